The van der Waals surface area contributed by atoms with Gasteiger partial charge in [0.15, 0.2) is 0 Å². The summed E-state index contributed by atoms with van der Waals surface area (Å²) in [4.78, 5) is 21.6. The van der Waals surface area contributed by atoms with Gasteiger partial charge in [-0.15, -0.1) is 0 Å². The zero-order chi connectivity index (χ0) is 22.4. The van der Waals surface area contributed by atoms with Crippen molar-refractivity contribution in [2.24, 2.45) is 11.3 Å². The number of piperidine rings is 2. The molecule has 1 amide bonds. The summed E-state index contributed by atoms with van der Waals surface area (Å²) < 4.78 is 6.06. The van der Waals surface area contributed by atoms with Gasteiger partial charge in [-0.1, -0.05) is 38.1 Å². The van der Waals surface area contributed by atoms with E-state index in [1.54, 1.807) is 6.20 Å². The summed E-state index contributed by atoms with van der Waals surface area (Å²) in [5.74, 6) is 1.77. The quantitative estimate of drug-likeness (QED) is 0.639. The van der Waals surface area contributed by atoms with E-state index in [0.717, 1.165) is 63.6 Å². The molecule has 2 aliphatic heterocycles. The Morgan fingerprint density at radius 3 is 2.38 bits per heavy atom. The average molecular weight is 436 g/mol. The monoisotopic (exact) mass is 435 g/mol. The molecule has 3 heterocycles. The van der Waals surface area contributed by atoms with Gasteiger partial charge in [0.1, 0.15) is 5.75 Å². The van der Waals surface area contributed by atoms with Crippen molar-refractivity contribution in [1.82, 2.24) is 14.8 Å². The lowest BCUT2D eigenvalue weighted by Gasteiger charge is -2.47. The number of ether oxygens (including phenoxy) is 1. The lowest BCUT2D eigenvalue weighted by atomic mass is 9.71. The van der Waals surface area contributed by atoms with Crippen LogP contribution in [-0.2, 0) is 17.8 Å². The van der Waals surface area contributed by atoms with Gasteiger partial charge in [-0.3, -0.25) is 14.7 Å². The van der Waals surface area contributed by atoms with E-state index in [1.165, 1.54) is 18.4 Å². The molecule has 4 rings (SSSR count). The number of aromatic nitrogens is 1. The molecule has 0 aliphatic carbocycles. The summed E-state index contributed by atoms with van der Waals surface area (Å²) in [6.07, 6.45) is 6.89. The van der Waals surface area contributed by atoms with Crippen LogP contribution in [0.5, 0.6) is 5.75 Å². The highest BCUT2D eigenvalue weighted by Gasteiger charge is 2.38. The van der Waals surface area contributed by atoms with E-state index in [2.05, 4.69) is 52.9 Å². The molecule has 2 aromatic rings. The Hall–Kier alpha value is -2.40. The van der Waals surface area contributed by atoms with Crippen molar-refractivity contribution in [2.45, 2.75) is 52.5 Å². The van der Waals surface area contributed by atoms with Crippen LogP contribution in [0.3, 0.4) is 0 Å². The summed E-state index contributed by atoms with van der Waals surface area (Å²) in [7, 11) is 0. The molecule has 0 N–H and O–H groups in total. The van der Waals surface area contributed by atoms with Crippen molar-refractivity contribution in [3.63, 3.8) is 0 Å². The summed E-state index contributed by atoms with van der Waals surface area (Å²) in [5, 5.41) is 0. The summed E-state index contributed by atoms with van der Waals surface area (Å²) in [5.41, 5.74) is 2.56. The minimum absolute atomic E-state index is 0.217. The summed E-state index contributed by atoms with van der Waals surface area (Å²) in [6.45, 7) is 10.1. The van der Waals surface area contributed by atoms with E-state index < -0.39 is 0 Å². The van der Waals surface area contributed by atoms with E-state index in [4.69, 9.17) is 4.74 Å². The summed E-state index contributed by atoms with van der Waals surface area (Å²) in [6, 6.07) is 14.2. The first kappa shape index (κ1) is 22.8. The number of hydrogen-bond acceptors (Lipinski definition) is 4. The first-order chi connectivity index (χ1) is 15.5. The molecule has 1 aromatic carbocycles. The molecular formula is C27H37N3O2. The van der Waals surface area contributed by atoms with Gasteiger partial charge in [-0.25, -0.2) is 0 Å². The van der Waals surface area contributed by atoms with Crippen molar-refractivity contribution in [3.8, 4) is 5.75 Å². The van der Waals surface area contributed by atoms with Crippen molar-refractivity contribution < 1.29 is 9.53 Å². The second-order valence-electron chi connectivity index (χ2n) is 9.97. The molecule has 1 spiro atoms. The van der Waals surface area contributed by atoms with E-state index in [-0.39, 0.29) is 5.91 Å². The number of hydrogen-bond donors (Lipinski definition) is 0. The third-order valence-electron chi connectivity index (χ3n) is 7.09. The minimum Gasteiger partial charge on any atom is -0.493 e. The van der Waals surface area contributed by atoms with Crippen molar-refractivity contribution >= 4 is 5.91 Å². The number of para-hydroxylation sites is 1. The molecule has 0 radical (unpaired) electrons. The third-order valence-corrected chi connectivity index (χ3v) is 7.09. The van der Waals surface area contributed by atoms with Crippen LogP contribution in [0.2, 0.25) is 0 Å². The van der Waals surface area contributed by atoms with Crippen LogP contribution in [-0.4, -0.2) is 53.5 Å². The van der Waals surface area contributed by atoms with Gasteiger partial charge < -0.3 is 9.64 Å². The molecule has 2 saturated heterocycles. The van der Waals surface area contributed by atoms with Crippen LogP contribution in [0.1, 0.15) is 50.8 Å². The van der Waals surface area contributed by atoms with E-state index in [1.807, 2.05) is 18.2 Å². The van der Waals surface area contributed by atoms with Crippen LogP contribution in [0.25, 0.3) is 0 Å². The number of likely N-dealkylation sites (tertiary alicyclic amines) is 2. The molecule has 1 aromatic heterocycles. The number of pyridine rings is 1. The highest BCUT2D eigenvalue weighted by Crippen LogP contribution is 2.41. The lowest BCUT2D eigenvalue weighted by molar-refractivity contribution is -0.133. The maximum absolute atomic E-state index is 12.7. The fraction of sp³-hybridized carbons (Fsp3) is 0.556. The highest BCUT2D eigenvalue weighted by molar-refractivity contribution is 5.78. The Bertz CT molecular complexity index is 865. The van der Waals surface area contributed by atoms with Gasteiger partial charge in [-0.2, -0.15) is 0 Å². The van der Waals surface area contributed by atoms with Crippen LogP contribution < -0.4 is 4.74 Å². The first-order valence-electron chi connectivity index (χ1n) is 12.1. The number of nitrogens with zero attached hydrogens (tertiary/aromatic N) is 3. The van der Waals surface area contributed by atoms with Gasteiger partial charge in [0.2, 0.25) is 5.91 Å². The highest BCUT2D eigenvalue weighted by atomic mass is 16.5. The molecule has 0 bridgehead atoms. The fourth-order valence-electron chi connectivity index (χ4n) is 4.96. The number of benzene rings is 1. The van der Waals surface area contributed by atoms with Crippen molar-refractivity contribution in [2.75, 3.05) is 32.8 Å². The molecular weight excluding hydrogens is 398 g/mol. The predicted octanol–water partition coefficient (Wildman–Crippen LogP) is 4.56. The maximum atomic E-state index is 12.7. The molecule has 2 aliphatic rings. The Labute approximate surface area is 192 Å². The van der Waals surface area contributed by atoms with Gasteiger partial charge >= 0.3 is 0 Å². The van der Waals surface area contributed by atoms with E-state index in [0.29, 0.717) is 17.8 Å². The molecule has 5 nitrogen and oxygen atoms in total. The normalized spacial score (nSPS) is 18.8. The lowest BCUT2D eigenvalue weighted by Crippen LogP contribution is -2.48. The van der Waals surface area contributed by atoms with Gasteiger partial charge in [0.05, 0.1) is 13.0 Å². The number of carbonyl (C=O) groups excluding carboxylic acids is 1. The van der Waals surface area contributed by atoms with E-state index in [9.17, 15) is 4.79 Å². The zero-order valence-electron chi connectivity index (χ0n) is 19.6. The topological polar surface area (TPSA) is 45.7 Å². The Kier molecular flexibility index (Phi) is 7.46. The zero-order valence-corrected chi connectivity index (χ0v) is 19.6. The number of amides is 1. The summed E-state index contributed by atoms with van der Waals surface area (Å²) >= 11 is 0. The molecule has 0 atom stereocenters. The standard InChI is InChI=1S/C27H37N3O2/c1-22(2)21-32-25-9-4-3-7-23(25)20-29-15-10-27(11-16-29)12-17-30(18-13-27)26(31)19-24-8-5-6-14-28-24/h3-9,14,22H,10-13,15-21H2,1-2H3. The Morgan fingerprint density at radius 2 is 1.69 bits per heavy atom. The second-order valence-corrected chi connectivity index (χ2v) is 9.97. The smallest absolute Gasteiger partial charge is 0.228 e. The van der Waals surface area contributed by atoms with Crippen molar-refractivity contribution in [1.29, 1.82) is 0 Å². The molecule has 0 unspecified atom stereocenters. The largest absolute Gasteiger partial charge is 0.493 e. The minimum atomic E-state index is 0.217. The van der Waals surface area contributed by atoms with Crippen LogP contribution in [0.15, 0.2) is 48.7 Å². The Balaban J connectivity index is 1.25. The molecule has 32 heavy (non-hydrogen) atoms. The Morgan fingerprint density at radius 1 is 1.00 bits per heavy atom. The van der Waals surface area contributed by atoms with Crippen LogP contribution >= 0.6 is 0 Å². The number of carbonyl (C=O) groups is 1. The third kappa shape index (κ3) is 5.89. The maximum Gasteiger partial charge on any atom is 0.228 e. The second kappa shape index (κ2) is 10.5. The predicted molar refractivity (Wildman–Crippen MR) is 127 cm³/mol. The first-order valence-corrected chi connectivity index (χ1v) is 12.1. The van der Waals surface area contributed by atoms with E-state index >= 15 is 0 Å². The molecule has 0 saturated carbocycles. The molecule has 5 heteroatoms. The SMILES string of the molecule is CC(C)COc1ccccc1CN1CCC2(CC1)CCN(C(=O)Cc1ccccn1)CC2. The van der Waals surface area contributed by atoms with Crippen LogP contribution in [0.4, 0.5) is 0 Å². The van der Waals surface area contributed by atoms with Crippen LogP contribution in [0, 0.1) is 11.3 Å². The van der Waals surface area contributed by atoms with Crippen molar-refractivity contribution in [3.05, 3.63) is 59.9 Å². The average Bonchev–Trinajstić information content (AvgIpc) is 2.81. The van der Waals surface area contributed by atoms with Gasteiger partial charge in [0, 0.05) is 37.1 Å². The number of rotatable bonds is 7. The molecule has 2 fully saturated rings. The van der Waals surface area contributed by atoms with Gasteiger partial charge in [-0.05, 0) is 68.3 Å². The van der Waals surface area contributed by atoms with Gasteiger partial charge in [0.25, 0.3) is 0 Å². The fourth-order valence-corrected chi connectivity index (χ4v) is 4.96. The molecule has 172 valence electrons.